The van der Waals surface area contributed by atoms with Gasteiger partial charge in [-0.2, -0.15) is 5.10 Å². The summed E-state index contributed by atoms with van der Waals surface area (Å²) in [5.74, 6) is 4.37. The molecular weight excluding hydrogens is 410 g/mol. The molecule has 4 fully saturated rings. The molecule has 8 atom stereocenters. The fourth-order valence-corrected chi connectivity index (χ4v) is 9.08. The minimum atomic E-state index is -0.407. The van der Waals surface area contributed by atoms with E-state index in [4.69, 9.17) is 0 Å². The van der Waals surface area contributed by atoms with E-state index < -0.39 is 5.60 Å². The number of ketones is 1. The topological polar surface area (TPSA) is 68.0 Å². The van der Waals surface area contributed by atoms with Gasteiger partial charge in [-0.1, -0.05) is 13.8 Å². The first-order valence-electron chi connectivity index (χ1n) is 13.4. The monoisotopic (exact) mass is 449 g/mol. The van der Waals surface area contributed by atoms with Gasteiger partial charge in [0.15, 0.2) is 5.78 Å². The van der Waals surface area contributed by atoms with E-state index >= 15 is 0 Å². The van der Waals surface area contributed by atoms with Crippen molar-refractivity contribution in [2.75, 3.05) is 0 Å². The summed E-state index contributed by atoms with van der Waals surface area (Å²) < 4.78 is 1.83. The Labute approximate surface area is 197 Å². The first-order valence-corrected chi connectivity index (χ1v) is 13.4. The van der Waals surface area contributed by atoms with E-state index in [-0.39, 0.29) is 11.3 Å². The van der Waals surface area contributed by atoms with Crippen molar-refractivity contribution < 1.29 is 9.90 Å². The quantitative estimate of drug-likeness (QED) is 0.678. The second-order valence-corrected chi connectivity index (χ2v) is 12.2. The third-order valence-corrected chi connectivity index (χ3v) is 10.8. The Morgan fingerprint density at radius 2 is 1.97 bits per heavy atom. The minimum absolute atomic E-state index is 0.151. The molecule has 178 valence electrons. The zero-order valence-corrected chi connectivity index (χ0v) is 20.2. The SMILES string of the molecule is CC[C@@]1(O)CC[C@H]2[C@@H](CC[C@@H]3[C@@H]2CC[C@]2(C)[C@@H](C(=O)Cn4cc5ccncc5n4)CC[C@@H]32)C1. The lowest BCUT2D eigenvalue weighted by molar-refractivity contribution is -0.133. The van der Waals surface area contributed by atoms with Gasteiger partial charge in [0.05, 0.1) is 18.3 Å². The first-order chi connectivity index (χ1) is 15.9. The van der Waals surface area contributed by atoms with E-state index in [1.807, 2.05) is 16.9 Å². The van der Waals surface area contributed by atoms with Crippen LogP contribution in [-0.4, -0.2) is 31.3 Å². The summed E-state index contributed by atoms with van der Waals surface area (Å²) in [7, 11) is 0. The number of pyridine rings is 1. The van der Waals surface area contributed by atoms with Crippen LogP contribution in [0.2, 0.25) is 0 Å². The van der Waals surface area contributed by atoms with Gasteiger partial charge in [-0.15, -0.1) is 0 Å². The normalized spacial score (nSPS) is 42.5. The molecule has 0 unspecified atom stereocenters. The van der Waals surface area contributed by atoms with E-state index in [2.05, 4.69) is 23.9 Å². The molecule has 0 amide bonds. The van der Waals surface area contributed by atoms with Crippen LogP contribution in [0.1, 0.15) is 78.1 Å². The summed E-state index contributed by atoms with van der Waals surface area (Å²) in [5, 5.41) is 16.6. The summed E-state index contributed by atoms with van der Waals surface area (Å²) in [5.41, 5.74) is 0.605. The van der Waals surface area contributed by atoms with Gasteiger partial charge in [0.2, 0.25) is 0 Å². The third-order valence-electron chi connectivity index (χ3n) is 10.8. The lowest BCUT2D eigenvalue weighted by Crippen LogP contribution is -2.51. The molecule has 4 saturated carbocycles. The highest BCUT2D eigenvalue weighted by Gasteiger charge is 2.58. The predicted molar refractivity (Wildman–Crippen MR) is 128 cm³/mol. The standard InChI is InChI=1S/C28H39N3O2/c1-3-28(33)12-9-20-18(14-28)4-5-22-21(20)8-11-27(2)23(22)6-7-24(27)26(32)17-31-16-19-10-13-29-15-25(19)30-31/h10,13,15-16,18,20-24,33H,3-9,11-12,14,17H2,1-2H3/t18-,20-,21+,22+,23-,24+,27-,28+/m0/s1. The first kappa shape index (κ1) is 21.8. The molecule has 4 aliphatic carbocycles. The number of aromatic nitrogens is 3. The highest BCUT2D eigenvalue weighted by atomic mass is 16.3. The van der Waals surface area contributed by atoms with Crippen LogP contribution in [0.4, 0.5) is 0 Å². The van der Waals surface area contributed by atoms with E-state index in [9.17, 15) is 9.90 Å². The largest absolute Gasteiger partial charge is 0.390 e. The molecule has 2 heterocycles. The van der Waals surface area contributed by atoms with Gasteiger partial charge < -0.3 is 5.11 Å². The highest BCUT2D eigenvalue weighted by molar-refractivity contribution is 5.83. The molecular formula is C28H39N3O2. The number of aliphatic hydroxyl groups is 1. The molecule has 0 spiro atoms. The van der Waals surface area contributed by atoms with Crippen molar-refractivity contribution in [2.45, 2.75) is 90.2 Å². The molecule has 0 radical (unpaired) electrons. The maximum Gasteiger partial charge on any atom is 0.157 e. The molecule has 33 heavy (non-hydrogen) atoms. The zero-order valence-electron chi connectivity index (χ0n) is 20.2. The molecule has 0 bridgehead atoms. The Bertz CT molecular complexity index is 1020. The Hall–Kier alpha value is -1.75. The molecule has 5 heteroatoms. The molecule has 0 aliphatic heterocycles. The predicted octanol–water partition coefficient (Wildman–Crippen LogP) is 5.41. The van der Waals surface area contributed by atoms with Crippen LogP contribution in [0.3, 0.4) is 0 Å². The van der Waals surface area contributed by atoms with Crippen molar-refractivity contribution in [2.24, 2.45) is 40.9 Å². The number of rotatable bonds is 4. The number of hydrogen-bond donors (Lipinski definition) is 1. The molecule has 2 aromatic heterocycles. The summed E-state index contributed by atoms with van der Waals surface area (Å²) in [6.07, 6.45) is 17.0. The summed E-state index contributed by atoms with van der Waals surface area (Å²) in [6, 6.07) is 1.96. The second kappa shape index (κ2) is 7.90. The van der Waals surface area contributed by atoms with Crippen LogP contribution in [-0.2, 0) is 11.3 Å². The van der Waals surface area contributed by atoms with Crippen molar-refractivity contribution in [1.29, 1.82) is 0 Å². The lowest BCUT2D eigenvalue weighted by atomic mass is 9.48. The second-order valence-electron chi connectivity index (χ2n) is 12.2. The highest BCUT2D eigenvalue weighted by Crippen LogP contribution is 2.64. The number of carbonyl (C=O) groups excluding carboxylic acids is 1. The van der Waals surface area contributed by atoms with E-state index in [1.165, 1.54) is 38.5 Å². The minimum Gasteiger partial charge on any atom is -0.390 e. The summed E-state index contributed by atoms with van der Waals surface area (Å²) in [6.45, 7) is 4.97. The van der Waals surface area contributed by atoms with Crippen LogP contribution in [0, 0.1) is 40.9 Å². The molecule has 6 rings (SSSR count). The Kier molecular flexibility index (Phi) is 5.21. The number of nitrogens with zero attached hydrogens (tertiary/aromatic N) is 3. The summed E-state index contributed by atoms with van der Waals surface area (Å²) in [4.78, 5) is 17.7. The maximum atomic E-state index is 13.5. The van der Waals surface area contributed by atoms with Gasteiger partial charge in [0.1, 0.15) is 5.52 Å². The van der Waals surface area contributed by atoms with Crippen molar-refractivity contribution in [3.8, 4) is 0 Å². The average Bonchev–Trinajstić information content (AvgIpc) is 3.38. The van der Waals surface area contributed by atoms with Crippen LogP contribution >= 0.6 is 0 Å². The molecule has 0 saturated heterocycles. The fraction of sp³-hybridized carbons (Fsp3) is 0.750. The molecule has 4 aliphatic rings. The van der Waals surface area contributed by atoms with Gasteiger partial charge in [0.25, 0.3) is 0 Å². The summed E-state index contributed by atoms with van der Waals surface area (Å²) >= 11 is 0. The van der Waals surface area contributed by atoms with Crippen LogP contribution in [0.5, 0.6) is 0 Å². The van der Waals surface area contributed by atoms with Gasteiger partial charge in [-0.05, 0) is 105 Å². The third kappa shape index (κ3) is 3.48. The smallest absolute Gasteiger partial charge is 0.157 e. The van der Waals surface area contributed by atoms with E-state index in [0.717, 1.165) is 60.3 Å². The Morgan fingerprint density at radius 1 is 1.12 bits per heavy atom. The maximum absolute atomic E-state index is 13.5. The number of hydrogen-bond acceptors (Lipinski definition) is 4. The zero-order chi connectivity index (χ0) is 22.8. The fourth-order valence-electron chi connectivity index (χ4n) is 9.08. The Morgan fingerprint density at radius 3 is 2.79 bits per heavy atom. The van der Waals surface area contributed by atoms with Crippen molar-refractivity contribution >= 4 is 16.7 Å². The van der Waals surface area contributed by atoms with E-state index in [1.54, 1.807) is 12.4 Å². The number of carbonyl (C=O) groups is 1. The van der Waals surface area contributed by atoms with Gasteiger partial charge in [-0.3, -0.25) is 14.5 Å². The van der Waals surface area contributed by atoms with Gasteiger partial charge in [-0.25, -0.2) is 0 Å². The molecule has 2 aromatic rings. The molecule has 0 aromatic carbocycles. The number of fused-ring (bicyclic) bond motifs is 6. The van der Waals surface area contributed by atoms with Crippen molar-refractivity contribution in [3.63, 3.8) is 0 Å². The van der Waals surface area contributed by atoms with Crippen molar-refractivity contribution in [3.05, 3.63) is 24.7 Å². The van der Waals surface area contributed by atoms with E-state index in [0.29, 0.717) is 18.2 Å². The van der Waals surface area contributed by atoms with Crippen LogP contribution < -0.4 is 0 Å². The Balaban J connectivity index is 1.17. The van der Waals surface area contributed by atoms with Crippen molar-refractivity contribution in [1.82, 2.24) is 14.8 Å². The molecule has 5 nitrogen and oxygen atoms in total. The van der Waals surface area contributed by atoms with Crippen LogP contribution in [0.15, 0.2) is 24.7 Å². The average molecular weight is 450 g/mol. The van der Waals surface area contributed by atoms with Gasteiger partial charge >= 0.3 is 0 Å². The molecule has 1 N–H and O–H groups in total. The number of Topliss-reactive ketones (excluding diaryl/α,β-unsaturated/α-hetero) is 1. The van der Waals surface area contributed by atoms with Gasteiger partial charge in [0, 0.05) is 23.7 Å². The lowest BCUT2D eigenvalue weighted by Gasteiger charge is -2.57. The van der Waals surface area contributed by atoms with Crippen LogP contribution in [0.25, 0.3) is 10.9 Å².